The highest BCUT2D eigenvalue weighted by molar-refractivity contribution is 7.17. The van der Waals surface area contributed by atoms with Crippen LogP contribution >= 0.6 is 22.9 Å². The second kappa shape index (κ2) is 9.81. The Bertz CT molecular complexity index is 1160. The summed E-state index contributed by atoms with van der Waals surface area (Å²) in [6, 6.07) is 10.9. The van der Waals surface area contributed by atoms with Crippen molar-refractivity contribution >= 4 is 57.8 Å². The first-order valence-corrected chi connectivity index (χ1v) is 11.8. The number of anilines is 1. The lowest BCUT2D eigenvalue weighted by atomic mass is 9.98. The summed E-state index contributed by atoms with van der Waals surface area (Å²) in [5, 5.41) is 0.920. The summed E-state index contributed by atoms with van der Waals surface area (Å²) in [6.45, 7) is 3.80. The number of hydrogen-bond acceptors (Lipinski definition) is 6. The molecule has 6 nitrogen and oxygen atoms in total. The van der Waals surface area contributed by atoms with E-state index in [4.69, 9.17) is 17.3 Å². The first-order valence-electron chi connectivity index (χ1n) is 10.6. The highest BCUT2D eigenvalue weighted by Crippen LogP contribution is 2.26. The number of hydrogen-bond donors (Lipinski definition) is 1. The lowest BCUT2D eigenvalue weighted by molar-refractivity contribution is -0.135. The molecular formula is C24H25ClN4O2S. The van der Waals surface area contributed by atoms with Crippen LogP contribution in [0.3, 0.4) is 0 Å². The molecule has 166 valence electrons. The number of fused-ring (bicyclic) bond motifs is 1. The average Bonchev–Trinajstić information content (AvgIpc) is 3.22. The number of nitrogen functional groups attached to an aromatic ring is 1. The van der Waals surface area contributed by atoms with Crippen molar-refractivity contribution in [2.75, 3.05) is 18.8 Å². The van der Waals surface area contributed by atoms with Crippen LogP contribution in [0.15, 0.2) is 48.7 Å². The molecule has 2 aromatic heterocycles. The number of benzene rings is 1. The molecule has 4 rings (SSSR count). The second-order valence-electron chi connectivity index (χ2n) is 7.83. The molecule has 2 N–H and O–H groups in total. The molecule has 0 radical (unpaired) electrons. The van der Waals surface area contributed by atoms with Gasteiger partial charge >= 0.3 is 0 Å². The van der Waals surface area contributed by atoms with Crippen molar-refractivity contribution in [3.8, 4) is 0 Å². The van der Waals surface area contributed by atoms with Crippen LogP contribution in [0.5, 0.6) is 0 Å². The fourth-order valence-electron chi connectivity index (χ4n) is 4.29. The summed E-state index contributed by atoms with van der Waals surface area (Å²) in [5.74, 6) is -0.0850. The van der Waals surface area contributed by atoms with Crippen molar-refractivity contribution in [1.82, 2.24) is 14.8 Å². The Morgan fingerprint density at radius 1 is 1.28 bits per heavy atom. The van der Waals surface area contributed by atoms with Gasteiger partial charge in [0.1, 0.15) is 6.29 Å². The zero-order chi connectivity index (χ0) is 22.7. The minimum Gasteiger partial charge on any atom is -0.398 e. The van der Waals surface area contributed by atoms with Gasteiger partial charge in [-0.1, -0.05) is 30.7 Å². The topological polar surface area (TPSA) is 79.5 Å². The van der Waals surface area contributed by atoms with E-state index < -0.39 is 0 Å². The smallest absolute Gasteiger partial charge is 0.246 e. The number of aromatic nitrogens is 1. The molecule has 32 heavy (non-hydrogen) atoms. The van der Waals surface area contributed by atoms with Gasteiger partial charge in [-0.15, -0.1) is 11.3 Å². The first-order chi connectivity index (χ1) is 15.5. The third-order valence-corrected chi connectivity index (χ3v) is 7.09. The Morgan fingerprint density at radius 3 is 2.84 bits per heavy atom. The maximum Gasteiger partial charge on any atom is 0.246 e. The van der Waals surface area contributed by atoms with Crippen molar-refractivity contribution in [1.29, 1.82) is 0 Å². The Hall–Kier alpha value is -2.74. The molecule has 0 saturated carbocycles. The predicted molar refractivity (Wildman–Crippen MR) is 131 cm³/mol. The van der Waals surface area contributed by atoms with Gasteiger partial charge in [-0.25, -0.2) is 0 Å². The molecule has 1 amide bonds. The van der Waals surface area contributed by atoms with E-state index in [1.54, 1.807) is 24.4 Å². The lowest BCUT2D eigenvalue weighted by Crippen LogP contribution is -2.60. The fourth-order valence-corrected chi connectivity index (χ4v) is 5.25. The van der Waals surface area contributed by atoms with Gasteiger partial charge in [0, 0.05) is 47.9 Å². The third kappa shape index (κ3) is 4.70. The number of piperazine rings is 1. The fraction of sp³-hybridized carbons (Fsp3) is 0.292. The molecule has 2 atom stereocenters. The molecule has 1 fully saturated rings. The van der Waals surface area contributed by atoms with Crippen LogP contribution in [0, 0.1) is 0 Å². The van der Waals surface area contributed by atoms with Gasteiger partial charge in [-0.05, 0) is 42.3 Å². The number of halogens is 1. The standard InChI is InChI=1S/C24H25ClN4O2S/c1-2-21-22(15-30)28(14-16-3-6-18-19(26)9-10-27-20(18)13-16)11-12-29(21)24(31)8-5-17-4-7-23(25)32-17/h3-10,13,15,21-22H,2,11-12,14H2,1H3,(H2,26,27)/t21-,22?/m0/s1. The van der Waals surface area contributed by atoms with Crippen LogP contribution < -0.4 is 5.73 Å². The summed E-state index contributed by atoms with van der Waals surface area (Å²) in [5.41, 5.74) is 8.63. The van der Waals surface area contributed by atoms with Gasteiger partial charge in [-0.3, -0.25) is 14.7 Å². The minimum atomic E-state index is -0.369. The maximum absolute atomic E-state index is 12.9. The van der Waals surface area contributed by atoms with Gasteiger partial charge in [0.2, 0.25) is 5.91 Å². The van der Waals surface area contributed by atoms with Gasteiger partial charge in [0.05, 0.1) is 21.9 Å². The van der Waals surface area contributed by atoms with Crippen molar-refractivity contribution in [3.63, 3.8) is 0 Å². The quantitative estimate of drug-likeness (QED) is 0.432. The number of pyridine rings is 1. The summed E-state index contributed by atoms with van der Waals surface area (Å²) in [6.07, 6.45) is 6.71. The van der Waals surface area contributed by atoms with E-state index in [1.807, 2.05) is 42.2 Å². The maximum atomic E-state index is 12.9. The lowest BCUT2D eigenvalue weighted by Gasteiger charge is -2.45. The zero-order valence-corrected chi connectivity index (χ0v) is 19.4. The highest BCUT2D eigenvalue weighted by atomic mass is 35.5. The summed E-state index contributed by atoms with van der Waals surface area (Å²) in [4.78, 5) is 34.3. The minimum absolute atomic E-state index is 0.0850. The molecular weight excluding hydrogens is 444 g/mol. The van der Waals surface area contributed by atoms with Crippen molar-refractivity contribution in [2.45, 2.75) is 32.0 Å². The van der Waals surface area contributed by atoms with Gasteiger partial charge < -0.3 is 15.4 Å². The molecule has 3 aromatic rings. The van der Waals surface area contributed by atoms with Gasteiger partial charge in [0.15, 0.2) is 0 Å². The zero-order valence-electron chi connectivity index (χ0n) is 17.8. The van der Waals surface area contributed by atoms with Crippen LogP contribution in [0.2, 0.25) is 4.34 Å². The molecule has 0 bridgehead atoms. The van der Waals surface area contributed by atoms with E-state index in [1.165, 1.54) is 11.3 Å². The monoisotopic (exact) mass is 468 g/mol. The number of nitrogens with zero attached hydrogens (tertiary/aromatic N) is 3. The van der Waals surface area contributed by atoms with Crippen molar-refractivity contribution < 1.29 is 9.59 Å². The van der Waals surface area contributed by atoms with Crippen LogP contribution in [0.25, 0.3) is 17.0 Å². The molecule has 0 spiro atoms. The number of carbonyl (C=O) groups is 2. The molecule has 8 heteroatoms. The van der Waals surface area contributed by atoms with Crippen LogP contribution in [0.4, 0.5) is 5.69 Å². The molecule has 1 aliphatic rings. The van der Waals surface area contributed by atoms with Crippen molar-refractivity contribution in [2.24, 2.45) is 0 Å². The number of nitrogens with two attached hydrogens (primary N) is 1. The van der Waals surface area contributed by atoms with E-state index in [0.717, 1.165) is 27.6 Å². The molecule has 0 aliphatic carbocycles. The van der Waals surface area contributed by atoms with Crippen molar-refractivity contribution in [3.05, 3.63) is 63.4 Å². The molecule has 1 aromatic carbocycles. The van der Waals surface area contributed by atoms with Crippen LogP contribution in [0.1, 0.15) is 23.8 Å². The molecule has 1 saturated heterocycles. The second-order valence-corrected chi connectivity index (χ2v) is 9.58. The number of thiophene rings is 1. The van der Waals surface area contributed by atoms with E-state index in [9.17, 15) is 9.59 Å². The van der Waals surface area contributed by atoms with Crippen LogP contribution in [-0.2, 0) is 16.1 Å². The summed E-state index contributed by atoms with van der Waals surface area (Å²) < 4.78 is 0.685. The van der Waals surface area contributed by atoms with Crippen LogP contribution in [-0.4, -0.2) is 52.2 Å². The number of aldehydes is 1. The summed E-state index contributed by atoms with van der Waals surface area (Å²) in [7, 11) is 0. The van der Waals surface area contributed by atoms with E-state index in [-0.39, 0.29) is 18.0 Å². The SMILES string of the molecule is CC[C@H]1C(C=O)N(Cc2ccc3c(N)ccnc3c2)CCN1C(=O)C=Cc1ccc(Cl)s1. The Labute approximate surface area is 196 Å². The predicted octanol–water partition coefficient (Wildman–Crippen LogP) is 4.24. The Kier molecular flexibility index (Phi) is 6.89. The third-order valence-electron chi connectivity index (χ3n) is 5.90. The Balaban J connectivity index is 1.50. The normalized spacial score (nSPS) is 19.6. The first kappa shape index (κ1) is 22.5. The van der Waals surface area contributed by atoms with E-state index in [2.05, 4.69) is 9.88 Å². The average molecular weight is 469 g/mol. The summed E-state index contributed by atoms with van der Waals surface area (Å²) >= 11 is 7.39. The molecule has 1 aliphatic heterocycles. The number of rotatable bonds is 6. The van der Waals surface area contributed by atoms with E-state index >= 15 is 0 Å². The largest absolute Gasteiger partial charge is 0.398 e. The number of amides is 1. The van der Waals surface area contributed by atoms with Gasteiger partial charge in [0.25, 0.3) is 0 Å². The Morgan fingerprint density at radius 2 is 2.12 bits per heavy atom. The molecule has 3 heterocycles. The van der Waals surface area contributed by atoms with E-state index in [0.29, 0.717) is 36.1 Å². The van der Waals surface area contributed by atoms with Gasteiger partial charge in [-0.2, -0.15) is 0 Å². The molecule has 1 unspecified atom stereocenters. The number of carbonyl (C=O) groups excluding carboxylic acids is 2. The highest BCUT2D eigenvalue weighted by Gasteiger charge is 2.37.